The van der Waals surface area contributed by atoms with Gasteiger partial charge in [0, 0.05) is 13.1 Å². The molecule has 0 aliphatic carbocycles. The van der Waals surface area contributed by atoms with E-state index in [4.69, 9.17) is 23.5 Å². The van der Waals surface area contributed by atoms with Crippen LogP contribution in [0.4, 0.5) is 11.7 Å². The van der Waals surface area contributed by atoms with Gasteiger partial charge in [0.25, 0.3) is 0 Å². The Morgan fingerprint density at radius 1 is 0.815 bits per heavy atom. The van der Waals surface area contributed by atoms with Crippen LogP contribution in [-0.4, -0.2) is 45.6 Å². The van der Waals surface area contributed by atoms with Crippen molar-refractivity contribution in [2.24, 2.45) is 0 Å². The van der Waals surface area contributed by atoms with Crippen LogP contribution in [0.5, 0.6) is 23.0 Å². The van der Waals surface area contributed by atoms with Gasteiger partial charge in [0.2, 0.25) is 5.82 Å². The predicted octanol–water partition coefficient (Wildman–Crippen LogP) is 3.54. The van der Waals surface area contributed by atoms with E-state index in [2.05, 4.69) is 10.1 Å². The van der Waals surface area contributed by atoms with E-state index in [-0.39, 0.29) is 0 Å². The summed E-state index contributed by atoms with van der Waals surface area (Å²) in [4.78, 5) is 6.22. The van der Waals surface area contributed by atoms with Crippen molar-refractivity contribution >= 4 is 11.7 Å². The quantitative estimate of drug-likeness (QED) is 0.624. The van der Waals surface area contributed by atoms with E-state index < -0.39 is 0 Å². The van der Waals surface area contributed by atoms with Gasteiger partial charge in [-0.2, -0.15) is 4.98 Å². The first-order chi connectivity index (χ1) is 13.1. The van der Waals surface area contributed by atoms with Gasteiger partial charge in [0.05, 0.1) is 39.7 Å². The van der Waals surface area contributed by atoms with Crippen LogP contribution in [0.3, 0.4) is 0 Å². The van der Waals surface area contributed by atoms with Gasteiger partial charge in [-0.1, -0.05) is 5.16 Å². The number of hydrogen-bond donors (Lipinski definition) is 0. The molecular formula is C19H21N3O5. The van der Waals surface area contributed by atoms with E-state index in [9.17, 15) is 0 Å². The number of hydrogen-bond acceptors (Lipinski definition) is 8. The Bertz CT molecular complexity index is 925. The Morgan fingerprint density at radius 2 is 1.48 bits per heavy atom. The lowest BCUT2D eigenvalue weighted by atomic mass is 10.2. The van der Waals surface area contributed by atoms with Crippen molar-refractivity contribution in [3.05, 3.63) is 36.4 Å². The second-order valence-corrected chi connectivity index (χ2v) is 5.56. The van der Waals surface area contributed by atoms with Crippen molar-refractivity contribution < 1.29 is 23.5 Å². The smallest absolute Gasteiger partial charge is 0.328 e. The van der Waals surface area contributed by atoms with Crippen molar-refractivity contribution in [1.82, 2.24) is 10.1 Å². The molecule has 3 rings (SSSR count). The van der Waals surface area contributed by atoms with E-state index in [1.165, 1.54) is 0 Å². The molecule has 8 nitrogen and oxygen atoms in total. The molecule has 1 heterocycles. The average Bonchev–Trinajstić information content (AvgIpc) is 3.22. The SMILES string of the molecule is COc1ccc(N(C)c2nc(-c3cc(OC)ccc3OC)no2)c(OC)c1. The summed E-state index contributed by atoms with van der Waals surface area (Å²) in [6, 6.07) is 11.2. The molecule has 0 saturated heterocycles. The Morgan fingerprint density at radius 3 is 2.15 bits per heavy atom. The topological polar surface area (TPSA) is 79.1 Å². The number of rotatable bonds is 7. The number of nitrogens with zero attached hydrogens (tertiary/aromatic N) is 3. The second kappa shape index (κ2) is 7.86. The first kappa shape index (κ1) is 18.4. The first-order valence-corrected chi connectivity index (χ1v) is 8.13. The molecule has 0 aliphatic rings. The van der Waals surface area contributed by atoms with Gasteiger partial charge in [-0.15, -0.1) is 0 Å². The number of aromatic nitrogens is 2. The standard InChI is InChI=1S/C19H21N3O5/c1-22(15-8-6-13(24-3)11-17(15)26-5)19-20-18(21-27-19)14-10-12(23-2)7-9-16(14)25-4/h6-11H,1-5H3. The van der Waals surface area contributed by atoms with Gasteiger partial charge in [-0.05, 0) is 30.3 Å². The maximum absolute atomic E-state index is 5.45. The lowest BCUT2D eigenvalue weighted by Crippen LogP contribution is -2.11. The highest BCUT2D eigenvalue weighted by Gasteiger charge is 2.20. The van der Waals surface area contributed by atoms with Gasteiger partial charge >= 0.3 is 6.01 Å². The van der Waals surface area contributed by atoms with Crippen molar-refractivity contribution in [3.8, 4) is 34.4 Å². The summed E-state index contributed by atoms with van der Waals surface area (Å²) in [7, 11) is 8.18. The maximum Gasteiger partial charge on any atom is 0.328 e. The van der Waals surface area contributed by atoms with Crippen LogP contribution in [0.25, 0.3) is 11.4 Å². The molecule has 142 valence electrons. The van der Waals surface area contributed by atoms with Crippen LogP contribution >= 0.6 is 0 Å². The van der Waals surface area contributed by atoms with Crippen LogP contribution in [0.2, 0.25) is 0 Å². The third-order valence-electron chi connectivity index (χ3n) is 4.10. The Balaban J connectivity index is 1.97. The van der Waals surface area contributed by atoms with Gasteiger partial charge in [-0.3, -0.25) is 4.90 Å². The molecule has 3 aromatic rings. The molecule has 0 atom stereocenters. The number of benzene rings is 2. The summed E-state index contributed by atoms with van der Waals surface area (Å²) < 4.78 is 26.8. The molecule has 27 heavy (non-hydrogen) atoms. The summed E-state index contributed by atoms with van der Waals surface area (Å²) in [5.74, 6) is 2.99. The van der Waals surface area contributed by atoms with Crippen LogP contribution in [0, 0.1) is 0 Å². The number of anilines is 2. The average molecular weight is 371 g/mol. The Hall–Kier alpha value is -3.42. The van der Waals surface area contributed by atoms with E-state index in [1.54, 1.807) is 57.6 Å². The largest absolute Gasteiger partial charge is 0.497 e. The van der Waals surface area contributed by atoms with Gasteiger partial charge in [0.15, 0.2) is 0 Å². The minimum atomic E-state index is 0.304. The van der Waals surface area contributed by atoms with E-state index in [0.717, 1.165) is 5.69 Å². The molecule has 0 spiro atoms. The molecule has 2 aromatic carbocycles. The fourth-order valence-electron chi connectivity index (χ4n) is 2.61. The fourth-order valence-corrected chi connectivity index (χ4v) is 2.61. The monoisotopic (exact) mass is 371 g/mol. The molecule has 0 unspecified atom stereocenters. The summed E-state index contributed by atoms with van der Waals surface area (Å²) in [5.41, 5.74) is 1.42. The van der Waals surface area contributed by atoms with Crippen LogP contribution in [0.1, 0.15) is 0 Å². The van der Waals surface area contributed by atoms with E-state index in [1.807, 2.05) is 19.2 Å². The molecular weight excluding hydrogens is 350 g/mol. The first-order valence-electron chi connectivity index (χ1n) is 8.13. The molecule has 0 fully saturated rings. The van der Waals surface area contributed by atoms with Gasteiger partial charge in [0.1, 0.15) is 23.0 Å². The molecule has 0 aliphatic heterocycles. The predicted molar refractivity (Wildman–Crippen MR) is 100 cm³/mol. The highest BCUT2D eigenvalue weighted by atomic mass is 16.5. The zero-order valence-electron chi connectivity index (χ0n) is 15.8. The molecule has 0 amide bonds. The minimum Gasteiger partial charge on any atom is -0.497 e. The van der Waals surface area contributed by atoms with Gasteiger partial charge < -0.3 is 23.5 Å². The van der Waals surface area contributed by atoms with Crippen LogP contribution < -0.4 is 23.8 Å². The highest BCUT2D eigenvalue weighted by Crippen LogP contribution is 2.37. The number of methoxy groups -OCH3 is 4. The lowest BCUT2D eigenvalue weighted by molar-refractivity contribution is 0.393. The number of ether oxygens (including phenoxy) is 4. The Labute approximate surface area is 157 Å². The normalized spacial score (nSPS) is 10.4. The third kappa shape index (κ3) is 3.59. The minimum absolute atomic E-state index is 0.304. The third-order valence-corrected chi connectivity index (χ3v) is 4.10. The summed E-state index contributed by atoms with van der Waals surface area (Å²) in [6.07, 6.45) is 0. The molecule has 1 aromatic heterocycles. The summed E-state index contributed by atoms with van der Waals surface area (Å²) in [5, 5.41) is 4.08. The fraction of sp³-hybridized carbons (Fsp3) is 0.263. The van der Waals surface area contributed by atoms with Crippen molar-refractivity contribution in [2.75, 3.05) is 40.4 Å². The zero-order valence-corrected chi connectivity index (χ0v) is 15.8. The molecule has 0 saturated carbocycles. The lowest BCUT2D eigenvalue weighted by Gasteiger charge is -2.17. The van der Waals surface area contributed by atoms with Crippen LogP contribution in [0.15, 0.2) is 40.9 Å². The molecule has 0 radical (unpaired) electrons. The van der Waals surface area contributed by atoms with E-state index >= 15 is 0 Å². The Kier molecular flexibility index (Phi) is 5.35. The van der Waals surface area contributed by atoms with Crippen molar-refractivity contribution in [2.45, 2.75) is 0 Å². The van der Waals surface area contributed by atoms with E-state index in [0.29, 0.717) is 40.4 Å². The molecule has 8 heteroatoms. The molecule has 0 bridgehead atoms. The highest BCUT2D eigenvalue weighted by molar-refractivity contribution is 5.69. The van der Waals surface area contributed by atoms with Gasteiger partial charge in [-0.25, -0.2) is 0 Å². The van der Waals surface area contributed by atoms with Crippen molar-refractivity contribution in [3.63, 3.8) is 0 Å². The maximum atomic E-state index is 5.45. The molecule has 0 N–H and O–H groups in total. The summed E-state index contributed by atoms with van der Waals surface area (Å²) >= 11 is 0. The zero-order chi connectivity index (χ0) is 19.4. The second-order valence-electron chi connectivity index (χ2n) is 5.56. The van der Waals surface area contributed by atoms with Crippen LogP contribution in [-0.2, 0) is 0 Å². The summed E-state index contributed by atoms with van der Waals surface area (Å²) in [6.45, 7) is 0. The van der Waals surface area contributed by atoms with Crippen molar-refractivity contribution in [1.29, 1.82) is 0 Å².